The first-order valence-corrected chi connectivity index (χ1v) is 7.79. The number of benzene rings is 1. The highest BCUT2D eigenvalue weighted by atomic mass is 32.1. The van der Waals surface area contributed by atoms with Gasteiger partial charge in [0.15, 0.2) is 5.82 Å². The van der Waals surface area contributed by atoms with Crippen LogP contribution < -0.4 is 5.73 Å². The van der Waals surface area contributed by atoms with Crippen LogP contribution in [0, 0.1) is 0 Å². The predicted molar refractivity (Wildman–Crippen MR) is 84.4 cm³/mol. The van der Waals surface area contributed by atoms with E-state index >= 15 is 0 Å². The van der Waals surface area contributed by atoms with Crippen LogP contribution in [-0.4, -0.2) is 19.8 Å². The zero-order valence-corrected chi connectivity index (χ0v) is 13.3. The minimum Gasteiger partial charge on any atom is -0.322 e. The molecule has 2 aromatic heterocycles. The summed E-state index contributed by atoms with van der Waals surface area (Å²) in [4.78, 5) is 0.804. The largest absolute Gasteiger partial charge is 0.322 e. The van der Waals surface area contributed by atoms with Crippen LogP contribution in [0.2, 0.25) is 0 Å². The highest BCUT2D eigenvalue weighted by molar-refractivity contribution is 7.16. The Labute approximate surface area is 127 Å². The minimum atomic E-state index is -0.119. The SMILES string of the molecule is CC(C)(C)c1nnc2sc(C(N)Cc3ccccc3)nn12. The normalized spacial score (nSPS) is 13.7. The summed E-state index contributed by atoms with van der Waals surface area (Å²) in [6.07, 6.45) is 0.774. The molecule has 0 saturated heterocycles. The van der Waals surface area contributed by atoms with Crippen LogP contribution in [0.5, 0.6) is 0 Å². The average molecular weight is 301 g/mol. The summed E-state index contributed by atoms with van der Waals surface area (Å²) in [5.74, 6) is 0.868. The van der Waals surface area contributed by atoms with Crippen molar-refractivity contribution in [2.24, 2.45) is 5.73 Å². The zero-order valence-electron chi connectivity index (χ0n) is 12.4. The molecule has 0 radical (unpaired) electrons. The van der Waals surface area contributed by atoms with Gasteiger partial charge in [0.2, 0.25) is 4.96 Å². The third kappa shape index (κ3) is 2.82. The van der Waals surface area contributed by atoms with Crippen molar-refractivity contribution in [3.05, 3.63) is 46.7 Å². The summed E-state index contributed by atoms with van der Waals surface area (Å²) < 4.78 is 1.82. The van der Waals surface area contributed by atoms with Crippen molar-refractivity contribution in [2.45, 2.75) is 38.6 Å². The first kappa shape index (κ1) is 14.2. The lowest BCUT2D eigenvalue weighted by Crippen LogP contribution is -2.18. The molecule has 1 aromatic carbocycles. The van der Waals surface area contributed by atoms with Gasteiger partial charge < -0.3 is 5.73 Å². The third-order valence-corrected chi connectivity index (χ3v) is 4.32. The molecule has 0 aliphatic rings. The van der Waals surface area contributed by atoms with E-state index in [4.69, 9.17) is 5.73 Å². The second kappa shape index (κ2) is 5.20. The van der Waals surface area contributed by atoms with Gasteiger partial charge in [0.1, 0.15) is 5.01 Å². The van der Waals surface area contributed by atoms with Crippen LogP contribution in [0.4, 0.5) is 0 Å². The molecule has 21 heavy (non-hydrogen) atoms. The Bertz CT molecular complexity index is 738. The molecular formula is C15H19N5S. The lowest BCUT2D eigenvalue weighted by molar-refractivity contribution is 0.524. The Kier molecular flexibility index (Phi) is 3.51. The molecule has 0 saturated carbocycles. The smallest absolute Gasteiger partial charge is 0.234 e. The van der Waals surface area contributed by atoms with Crippen molar-refractivity contribution < 1.29 is 0 Å². The molecule has 0 aliphatic heterocycles. The van der Waals surface area contributed by atoms with Gasteiger partial charge in [0, 0.05) is 5.41 Å². The van der Waals surface area contributed by atoms with Crippen molar-refractivity contribution >= 4 is 16.3 Å². The van der Waals surface area contributed by atoms with Gasteiger partial charge in [-0.25, -0.2) is 0 Å². The number of fused-ring (bicyclic) bond motifs is 1. The highest BCUT2D eigenvalue weighted by Gasteiger charge is 2.24. The highest BCUT2D eigenvalue weighted by Crippen LogP contribution is 2.26. The second-order valence-corrected chi connectivity index (χ2v) is 7.19. The van der Waals surface area contributed by atoms with E-state index in [2.05, 4.69) is 48.2 Å². The van der Waals surface area contributed by atoms with Gasteiger partial charge in [-0.3, -0.25) is 0 Å². The topological polar surface area (TPSA) is 69.1 Å². The number of hydrogen-bond donors (Lipinski definition) is 1. The lowest BCUT2D eigenvalue weighted by Gasteiger charge is -2.14. The Hall–Kier alpha value is -1.79. The van der Waals surface area contributed by atoms with Crippen molar-refractivity contribution in [2.75, 3.05) is 0 Å². The molecule has 1 unspecified atom stereocenters. The average Bonchev–Trinajstić information content (AvgIpc) is 2.97. The second-order valence-electron chi connectivity index (χ2n) is 6.20. The summed E-state index contributed by atoms with van der Waals surface area (Å²) in [7, 11) is 0. The first-order chi connectivity index (χ1) is 9.95. The first-order valence-electron chi connectivity index (χ1n) is 6.97. The number of nitrogens with zero attached hydrogens (tertiary/aromatic N) is 4. The molecule has 0 aliphatic carbocycles. The van der Waals surface area contributed by atoms with Crippen LogP contribution >= 0.6 is 11.3 Å². The maximum Gasteiger partial charge on any atom is 0.234 e. The van der Waals surface area contributed by atoms with Crippen molar-refractivity contribution in [1.82, 2.24) is 19.8 Å². The van der Waals surface area contributed by atoms with E-state index in [1.54, 1.807) is 0 Å². The molecule has 2 N–H and O–H groups in total. The number of nitrogens with two attached hydrogens (primary N) is 1. The van der Waals surface area contributed by atoms with Gasteiger partial charge in [-0.2, -0.15) is 9.61 Å². The van der Waals surface area contributed by atoms with Gasteiger partial charge >= 0.3 is 0 Å². The van der Waals surface area contributed by atoms with Crippen LogP contribution in [0.25, 0.3) is 4.96 Å². The minimum absolute atomic E-state index is 0.0890. The zero-order chi connectivity index (χ0) is 15.0. The summed E-state index contributed by atoms with van der Waals surface area (Å²) in [5, 5.41) is 14.0. The summed E-state index contributed by atoms with van der Waals surface area (Å²) >= 11 is 1.51. The molecule has 0 amide bonds. The van der Waals surface area contributed by atoms with Crippen molar-refractivity contribution in [3.63, 3.8) is 0 Å². The monoisotopic (exact) mass is 301 g/mol. The molecule has 6 heteroatoms. The summed E-state index contributed by atoms with van der Waals surface area (Å²) in [5.41, 5.74) is 7.42. The predicted octanol–water partition coefficient (Wildman–Crippen LogP) is 2.73. The van der Waals surface area contributed by atoms with Crippen molar-refractivity contribution in [3.8, 4) is 0 Å². The van der Waals surface area contributed by atoms with Crippen molar-refractivity contribution in [1.29, 1.82) is 0 Å². The molecule has 3 rings (SSSR count). The summed E-state index contributed by atoms with van der Waals surface area (Å²) in [6.45, 7) is 6.31. The Balaban J connectivity index is 1.89. The third-order valence-electron chi connectivity index (χ3n) is 3.29. The molecule has 5 nitrogen and oxygen atoms in total. The molecule has 2 heterocycles. The fourth-order valence-electron chi connectivity index (χ4n) is 2.20. The van der Waals surface area contributed by atoms with Gasteiger partial charge in [0.05, 0.1) is 6.04 Å². The summed E-state index contributed by atoms with van der Waals surface area (Å²) in [6, 6.07) is 10.1. The van der Waals surface area contributed by atoms with E-state index in [-0.39, 0.29) is 11.5 Å². The fraction of sp³-hybridized carbons (Fsp3) is 0.400. The fourth-order valence-corrected chi connectivity index (χ4v) is 3.04. The standard InChI is InChI=1S/C15H19N5S/c1-15(2,3)13-17-18-14-20(13)19-12(21-14)11(16)9-10-7-5-4-6-8-10/h4-8,11H,9,16H2,1-3H3. The quantitative estimate of drug-likeness (QED) is 0.807. The molecule has 0 spiro atoms. The van der Waals surface area contributed by atoms with Gasteiger partial charge in [-0.1, -0.05) is 62.4 Å². The van der Waals surface area contributed by atoms with Crippen LogP contribution in [0.3, 0.4) is 0 Å². The maximum absolute atomic E-state index is 6.30. The van der Waals surface area contributed by atoms with Gasteiger partial charge in [0.25, 0.3) is 0 Å². The van der Waals surface area contributed by atoms with Gasteiger partial charge in [-0.15, -0.1) is 10.2 Å². The molecule has 0 bridgehead atoms. The van der Waals surface area contributed by atoms with E-state index in [1.807, 2.05) is 22.7 Å². The molecule has 3 aromatic rings. The number of rotatable bonds is 3. The van der Waals surface area contributed by atoms with Crippen LogP contribution in [0.1, 0.15) is 43.2 Å². The Morgan fingerprint density at radius 1 is 1.19 bits per heavy atom. The number of aromatic nitrogens is 4. The van der Waals surface area contributed by atoms with Gasteiger partial charge in [-0.05, 0) is 12.0 Å². The molecule has 0 fully saturated rings. The maximum atomic E-state index is 6.30. The molecule has 110 valence electrons. The number of hydrogen-bond acceptors (Lipinski definition) is 5. The van der Waals surface area contributed by atoms with E-state index in [9.17, 15) is 0 Å². The Morgan fingerprint density at radius 3 is 2.57 bits per heavy atom. The van der Waals surface area contributed by atoms with E-state index in [0.29, 0.717) is 0 Å². The molecular weight excluding hydrogens is 282 g/mol. The van der Waals surface area contributed by atoms with Crippen LogP contribution in [0.15, 0.2) is 30.3 Å². The lowest BCUT2D eigenvalue weighted by atomic mass is 9.96. The van der Waals surface area contributed by atoms with E-state index in [0.717, 1.165) is 22.2 Å². The van der Waals surface area contributed by atoms with Crippen LogP contribution in [-0.2, 0) is 11.8 Å². The van der Waals surface area contributed by atoms with E-state index in [1.165, 1.54) is 16.9 Å². The van der Waals surface area contributed by atoms with E-state index < -0.39 is 0 Å². The molecule has 1 atom stereocenters. The Morgan fingerprint density at radius 2 is 1.90 bits per heavy atom.